The van der Waals surface area contributed by atoms with Crippen molar-refractivity contribution < 1.29 is 0 Å². The van der Waals surface area contributed by atoms with E-state index in [0.29, 0.717) is 0 Å². The largest absolute Gasteiger partial charge is 0.253 e. The van der Waals surface area contributed by atoms with Gasteiger partial charge in [0, 0.05) is 11.4 Å². The molecule has 0 radical (unpaired) electrons. The number of nitrogens with zero attached hydrogens (tertiary/aromatic N) is 5. The standard InChI is InChI=1S/C47H45N5/c1-30-15-9-11-19-42(30)48-34(5)38-17-13-18-39(29-38)35(6)49-44-25-23-40(27-32(44)3)41-24-26-45(33(4)28-41)51-37(8)47-22-14-21-46(52-47)36(7)50-43-20-12-10-16-31(43)2/h9-29H,1-8H3/b48-34+,49-35+,50-36+,51-37+. The highest BCUT2D eigenvalue weighted by atomic mass is 14.8. The van der Waals surface area contributed by atoms with Crippen molar-refractivity contribution in [2.24, 2.45) is 20.0 Å². The van der Waals surface area contributed by atoms with Gasteiger partial charge in [-0.05, 0) is 154 Å². The summed E-state index contributed by atoms with van der Waals surface area (Å²) in [7, 11) is 0. The lowest BCUT2D eigenvalue weighted by Crippen LogP contribution is -2.05. The first-order chi connectivity index (χ1) is 25.0. The average molecular weight is 680 g/mol. The van der Waals surface area contributed by atoms with E-state index in [1.165, 1.54) is 0 Å². The molecule has 0 saturated carbocycles. The first kappa shape index (κ1) is 35.7. The van der Waals surface area contributed by atoms with Gasteiger partial charge in [-0.3, -0.25) is 20.0 Å². The van der Waals surface area contributed by atoms with Crippen LogP contribution in [-0.2, 0) is 0 Å². The van der Waals surface area contributed by atoms with Crippen LogP contribution in [0.15, 0.2) is 147 Å². The Kier molecular flexibility index (Phi) is 10.9. The summed E-state index contributed by atoms with van der Waals surface area (Å²) in [6.07, 6.45) is 0. The van der Waals surface area contributed by atoms with Crippen molar-refractivity contribution in [2.45, 2.75) is 55.4 Å². The molecule has 0 saturated heterocycles. The molecular weight excluding hydrogens is 635 g/mol. The Morgan fingerprint density at radius 2 is 0.750 bits per heavy atom. The Bertz CT molecular complexity index is 2220. The van der Waals surface area contributed by atoms with E-state index in [1.54, 1.807) is 0 Å². The maximum Gasteiger partial charge on any atom is 0.0849 e. The second-order valence-electron chi connectivity index (χ2n) is 13.4. The van der Waals surface area contributed by atoms with Crippen molar-refractivity contribution in [3.63, 3.8) is 0 Å². The molecule has 0 amide bonds. The number of hydrogen-bond donors (Lipinski definition) is 0. The van der Waals surface area contributed by atoms with Gasteiger partial charge in [-0.25, -0.2) is 4.98 Å². The van der Waals surface area contributed by atoms with Gasteiger partial charge < -0.3 is 0 Å². The summed E-state index contributed by atoms with van der Waals surface area (Å²) >= 11 is 0. The molecular formula is C47H45N5. The highest BCUT2D eigenvalue weighted by Crippen LogP contribution is 2.31. The van der Waals surface area contributed by atoms with Crippen molar-refractivity contribution in [2.75, 3.05) is 0 Å². The monoisotopic (exact) mass is 679 g/mol. The molecule has 0 aliphatic rings. The van der Waals surface area contributed by atoms with Gasteiger partial charge in [0.15, 0.2) is 0 Å². The molecule has 0 atom stereocenters. The summed E-state index contributed by atoms with van der Waals surface area (Å²) in [5, 5.41) is 0. The van der Waals surface area contributed by atoms with Crippen LogP contribution in [0.1, 0.15) is 72.5 Å². The molecule has 0 spiro atoms. The molecule has 258 valence electrons. The Balaban J connectivity index is 1.19. The van der Waals surface area contributed by atoms with E-state index in [1.807, 2.05) is 62.4 Å². The SMILES string of the molecule is C/C(=N\c1ccccc1C)c1cccc(/C(C)=N/c2ccc(-c3ccc(/N=C(\C)c4cccc(/C(C)=N/c5ccccc5C)n4)c(C)c3)cc2C)c1. The summed E-state index contributed by atoms with van der Waals surface area (Å²) in [5.74, 6) is 0. The van der Waals surface area contributed by atoms with Crippen LogP contribution in [0.3, 0.4) is 0 Å². The summed E-state index contributed by atoms with van der Waals surface area (Å²) in [6, 6.07) is 43.7. The first-order valence-electron chi connectivity index (χ1n) is 17.7. The lowest BCUT2D eigenvalue weighted by Gasteiger charge is -2.10. The molecule has 0 fully saturated rings. The Morgan fingerprint density at radius 3 is 1.17 bits per heavy atom. The third-order valence-electron chi connectivity index (χ3n) is 9.30. The van der Waals surface area contributed by atoms with E-state index in [9.17, 15) is 0 Å². The summed E-state index contributed by atoms with van der Waals surface area (Å²) in [6.45, 7) is 16.5. The van der Waals surface area contributed by atoms with E-state index in [2.05, 4.69) is 120 Å². The number of aromatic nitrogens is 1. The van der Waals surface area contributed by atoms with E-state index in [0.717, 1.165) is 101 Å². The summed E-state index contributed by atoms with van der Waals surface area (Å²) in [5.41, 5.74) is 18.1. The normalized spacial score (nSPS) is 12.7. The predicted molar refractivity (Wildman–Crippen MR) is 222 cm³/mol. The van der Waals surface area contributed by atoms with E-state index in [-0.39, 0.29) is 0 Å². The molecule has 5 heteroatoms. The Hall–Kier alpha value is -6.07. The topological polar surface area (TPSA) is 62.3 Å². The number of pyridine rings is 1. The third-order valence-corrected chi connectivity index (χ3v) is 9.30. The zero-order valence-corrected chi connectivity index (χ0v) is 31.4. The molecule has 1 aromatic heterocycles. The van der Waals surface area contributed by atoms with E-state index >= 15 is 0 Å². The highest BCUT2D eigenvalue weighted by Gasteiger charge is 2.10. The van der Waals surface area contributed by atoms with Gasteiger partial charge in [0.2, 0.25) is 0 Å². The van der Waals surface area contributed by atoms with Gasteiger partial charge in [0.25, 0.3) is 0 Å². The van der Waals surface area contributed by atoms with Gasteiger partial charge in [0.05, 0.1) is 45.6 Å². The average Bonchev–Trinajstić information content (AvgIpc) is 3.15. The molecule has 5 nitrogen and oxygen atoms in total. The van der Waals surface area contributed by atoms with Crippen LogP contribution >= 0.6 is 0 Å². The van der Waals surface area contributed by atoms with Crippen LogP contribution < -0.4 is 0 Å². The number of rotatable bonds is 9. The van der Waals surface area contributed by atoms with Crippen LogP contribution in [-0.4, -0.2) is 27.8 Å². The van der Waals surface area contributed by atoms with Crippen LogP contribution in [0.25, 0.3) is 11.1 Å². The minimum absolute atomic E-state index is 0.833. The molecule has 6 aromatic rings. The minimum atomic E-state index is 0.833. The van der Waals surface area contributed by atoms with Gasteiger partial charge in [-0.1, -0.05) is 72.8 Å². The fraction of sp³-hybridized carbons (Fsp3) is 0.170. The van der Waals surface area contributed by atoms with Crippen molar-refractivity contribution >= 4 is 45.6 Å². The number of benzene rings is 5. The van der Waals surface area contributed by atoms with Gasteiger partial charge in [-0.15, -0.1) is 0 Å². The second kappa shape index (κ2) is 15.9. The molecule has 1 heterocycles. The molecule has 0 bridgehead atoms. The minimum Gasteiger partial charge on any atom is -0.253 e. The lowest BCUT2D eigenvalue weighted by atomic mass is 9.99. The number of para-hydroxylation sites is 2. The highest BCUT2D eigenvalue weighted by molar-refractivity contribution is 6.05. The van der Waals surface area contributed by atoms with Crippen LogP contribution in [0.5, 0.6) is 0 Å². The molecule has 0 aliphatic heterocycles. The maximum absolute atomic E-state index is 5.04. The lowest BCUT2D eigenvalue weighted by molar-refractivity contribution is 1.23. The van der Waals surface area contributed by atoms with Crippen molar-refractivity contribution in [3.05, 3.63) is 172 Å². The van der Waals surface area contributed by atoms with E-state index < -0.39 is 0 Å². The molecule has 52 heavy (non-hydrogen) atoms. The smallest absolute Gasteiger partial charge is 0.0849 e. The second-order valence-corrected chi connectivity index (χ2v) is 13.4. The number of hydrogen-bond acceptors (Lipinski definition) is 5. The van der Waals surface area contributed by atoms with Gasteiger partial charge >= 0.3 is 0 Å². The molecule has 0 aliphatic carbocycles. The van der Waals surface area contributed by atoms with Gasteiger partial charge in [0.1, 0.15) is 0 Å². The third kappa shape index (κ3) is 8.44. The molecule has 5 aromatic carbocycles. The maximum atomic E-state index is 5.04. The summed E-state index contributed by atoms with van der Waals surface area (Å²) in [4.78, 5) is 24.7. The van der Waals surface area contributed by atoms with Gasteiger partial charge in [-0.2, -0.15) is 0 Å². The van der Waals surface area contributed by atoms with Crippen molar-refractivity contribution in [3.8, 4) is 11.1 Å². The van der Waals surface area contributed by atoms with Crippen LogP contribution in [0.4, 0.5) is 22.7 Å². The summed E-state index contributed by atoms with van der Waals surface area (Å²) < 4.78 is 0. The number of aliphatic imine (C=N–C) groups is 4. The fourth-order valence-corrected chi connectivity index (χ4v) is 6.07. The Morgan fingerprint density at radius 1 is 0.365 bits per heavy atom. The first-order valence-corrected chi connectivity index (χ1v) is 17.7. The van der Waals surface area contributed by atoms with Crippen molar-refractivity contribution in [1.82, 2.24) is 4.98 Å². The quantitative estimate of drug-likeness (QED) is 0.140. The zero-order valence-electron chi connectivity index (χ0n) is 31.4. The number of aryl methyl sites for hydroxylation is 4. The van der Waals surface area contributed by atoms with Crippen molar-refractivity contribution in [1.29, 1.82) is 0 Å². The van der Waals surface area contributed by atoms with E-state index in [4.69, 9.17) is 25.0 Å². The van der Waals surface area contributed by atoms with Crippen LogP contribution in [0, 0.1) is 27.7 Å². The molecule has 0 N–H and O–H groups in total. The molecule has 0 unspecified atom stereocenters. The fourth-order valence-electron chi connectivity index (χ4n) is 6.07. The zero-order chi connectivity index (χ0) is 36.8. The molecule has 6 rings (SSSR count). The predicted octanol–water partition coefficient (Wildman–Crippen LogP) is 12.5. The van der Waals surface area contributed by atoms with Crippen LogP contribution in [0.2, 0.25) is 0 Å². The Labute approximate surface area is 308 Å².